The second-order valence-corrected chi connectivity index (χ2v) is 4.63. The molecule has 2 aromatic carbocycles. The van der Waals surface area contributed by atoms with Crippen molar-refractivity contribution in [3.8, 4) is 0 Å². The highest BCUT2D eigenvalue weighted by Crippen LogP contribution is 2.32. The number of rotatable bonds is 2. The maximum absolute atomic E-state index is 13.8. The molecule has 20 heavy (non-hydrogen) atoms. The van der Waals surface area contributed by atoms with E-state index >= 15 is 0 Å². The molecule has 0 aliphatic carbocycles. The molecule has 1 nitrogen and oxygen atoms in total. The van der Waals surface area contributed by atoms with Gasteiger partial charge in [0.25, 0.3) is 0 Å². The fourth-order valence-corrected chi connectivity index (χ4v) is 1.97. The first-order chi connectivity index (χ1) is 9.29. The van der Waals surface area contributed by atoms with Crippen molar-refractivity contribution in [1.82, 2.24) is 0 Å². The molecule has 0 heterocycles. The van der Waals surface area contributed by atoms with Crippen molar-refractivity contribution in [2.45, 2.75) is 19.1 Å². The summed E-state index contributed by atoms with van der Waals surface area (Å²) in [6.07, 6.45) is -4.44. The molecule has 0 radical (unpaired) electrons. The summed E-state index contributed by atoms with van der Waals surface area (Å²) >= 11 is 0. The van der Waals surface area contributed by atoms with Gasteiger partial charge in [-0.25, -0.2) is 4.39 Å². The lowest BCUT2D eigenvalue weighted by Gasteiger charge is -2.16. The molecule has 0 bridgehead atoms. The summed E-state index contributed by atoms with van der Waals surface area (Å²) in [4.78, 5) is 0. The van der Waals surface area contributed by atoms with Gasteiger partial charge in [0.15, 0.2) is 0 Å². The number of halogens is 4. The largest absolute Gasteiger partial charge is 0.416 e. The van der Waals surface area contributed by atoms with E-state index < -0.39 is 23.6 Å². The lowest BCUT2D eigenvalue weighted by atomic mass is 9.96. The van der Waals surface area contributed by atoms with Gasteiger partial charge in [-0.05, 0) is 36.2 Å². The van der Waals surface area contributed by atoms with Gasteiger partial charge in [0.2, 0.25) is 0 Å². The van der Waals surface area contributed by atoms with Crippen molar-refractivity contribution in [1.29, 1.82) is 0 Å². The summed E-state index contributed by atoms with van der Waals surface area (Å²) in [7, 11) is 0. The quantitative estimate of drug-likeness (QED) is 0.821. The number of benzene rings is 2. The van der Waals surface area contributed by atoms with Crippen LogP contribution in [0.1, 0.15) is 28.3 Å². The first-order valence-electron chi connectivity index (χ1n) is 5.98. The average molecular weight is 283 g/mol. The van der Waals surface area contributed by atoms with Gasteiger partial charge in [-0.2, -0.15) is 13.2 Å². The van der Waals surface area contributed by atoms with Crippen LogP contribution in [0.25, 0.3) is 0 Å². The Morgan fingerprint density at radius 1 is 1.05 bits per heavy atom. The van der Waals surface area contributed by atoms with E-state index in [-0.39, 0.29) is 11.1 Å². The van der Waals surface area contributed by atoms with Crippen LogP contribution in [0.5, 0.6) is 0 Å². The molecule has 2 N–H and O–H groups in total. The van der Waals surface area contributed by atoms with Crippen LogP contribution in [0, 0.1) is 12.7 Å². The molecule has 0 saturated heterocycles. The Bertz CT molecular complexity index is 620. The van der Waals surface area contributed by atoms with Crippen molar-refractivity contribution >= 4 is 0 Å². The fraction of sp³-hybridized carbons (Fsp3) is 0.200. The minimum Gasteiger partial charge on any atom is -0.320 e. The minimum absolute atomic E-state index is 0.176. The van der Waals surface area contributed by atoms with Crippen molar-refractivity contribution in [2.75, 3.05) is 0 Å². The molecule has 0 fully saturated rings. The molecule has 0 spiro atoms. The van der Waals surface area contributed by atoms with Gasteiger partial charge in [-0.1, -0.05) is 24.3 Å². The summed E-state index contributed by atoms with van der Waals surface area (Å²) in [5, 5.41) is 0. The number of aryl methyl sites for hydroxylation is 1. The molecule has 2 rings (SSSR count). The molecule has 1 unspecified atom stereocenters. The molecular weight excluding hydrogens is 270 g/mol. The zero-order chi connectivity index (χ0) is 14.9. The minimum atomic E-state index is -4.44. The van der Waals surface area contributed by atoms with Crippen LogP contribution in [0.3, 0.4) is 0 Å². The predicted molar refractivity (Wildman–Crippen MR) is 68.6 cm³/mol. The van der Waals surface area contributed by atoms with E-state index in [0.717, 1.165) is 17.7 Å². The Morgan fingerprint density at radius 2 is 1.75 bits per heavy atom. The highest BCUT2D eigenvalue weighted by molar-refractivity contribution is 5.36. The third-order valence-electron chi connectivity index (χ3n) is 3.06. The van der Waals surface area contributed by atoms with Crippen LogP contribution in [0.15, 0.2) is 42.5 Å². The van der Waals surface area contributed by atoms with E-state index in [1.807, 2.05) is 0 Å². The smallest absolute Gasteiger partial charge is 0.320 e. The SMILES string of the molecule is Cc1ccc(C(N)c2cccc(C(F)(F)F)c2)c(F)c1. The van der Waals surface area contributed by atoms with Crippen molar-refractivity contribution in [3.63, 3.8) is 0 Å². The molecule has 5 heteroatoms. The monoisotopic (exact) mass is 283 g/mol. The highest BCUT2D eigenvalue weighted by Gasteiger charge is 2.31. The van der Waals surface area contributed by atoms with Crippen LogP contribution >= 0.6 is 0 Å². The molecule has 106 valence electrons. The van der Waals surface area contributed by atoms with E-state index in [9.17, 15) is 17.6 Å². The van der Waals surface area contributed by atoms with Crippen molar-refractivity contribution in [2.24, 2.45) is 5.73 Å². The first kappa shape index (κ1) is 14.5. The molecule has 0 aliphatic heterocycles. The molecule has 0 amide bonds. The second kappa shape index (κ2) is 5.25. The van der Waals surface area contributed by atoms with Crippen LogP contribution in [0.4, 0.5) is 17.6 Å². The maximum atomic E-state index is 13.8. The number of hydrogen-bond acceptors (Lipinski definition) is 1. The van der Waals surface area contributed by atoms with Crippen LogP contribution < -0.4 is 5.73 Å². The van der Waals surface area contributed by atoms with Gasteiger partial charge in [0.1, 0.15) is 5.82 Å². The fourth-order valence-electron chi connectivity index (χ4n) is 1.97. The van der Waals surface area contributed by atoms with Gasteiger partial charge < -0.3 is 5.73 Å². The van der Waals surface area contributed by atoms with Gasteiger partial charge >= 0.3 is 6.18 Å². The standard InChI is InChI=1S/C15H13F4N/c1-9-5-6-12(13(16)7-9)14(20)10-3-2-4-11(8-10)15(17,18)19/h2-8,14H,20H2,1H3. The maximum Gasteiger partial charge on any atom is 0.416 e. The Hall–Kier alpha value is -1.88. The number of hydrogen-bond donors (Lipinski definition) is 1. The van der Waals surface area contributed by atoms with Crippen LogP contribution in [0.2, 0.25) is 0 Å². The molecule has 0 saturated carbocycles. The zero-order valence-electron chi connectivity index (χ0n) is 10.7. The Morgan fingerprint density at radius 3 is 2.35 bits per heavy atom. The summed E-state index contributed by atoms with van der Waals surface area (Å²) < 4.78 is 51.8. The second-order valence-electron chi connectivity index (χ2n) is 4.63. The Kier molecular flexibility index (Phi) is 3.81. The average Bonchev–Trinajstić information content (AvgIpc) is 2.37. The van der Waals surface area contributed by atoms with Crippen LogP contribution in [-0.4, -0.2) is 0 Å². The van der Waals surface area contributed by atoms with Crippen molar-refractivity contribution in [3.05, 3.63) is 70.5 Å². The van der Waals surface area contributed by atoms with Gasteiger partial charge in [-0.15, -0.1) is 0 Å². The molecule has 2 aromatic rings. The van der Waals surface area contributed by atoms with E-state index in [1.54, 1.807) is 13.0 Å². The highest BCUT2D eigenvalue weighted by atomic mass is 19.4. The molecule has 1 atom stereocenters. The zero-order valence-corrected chi connectivity index (χ0v) is 10.7. The third kappa shape index (κ3) is 2.99. The van der Waals surface area contributed by atoms with E-state index in [2.05, 4.69) is 0 Å². The number of nitrogens with two attached hydrogens (primary N) is 1. The summed E-state index contributed by atoms with van der Waals surface area (Å²) in [5.74, 6) is -0.519. The lowest BCUT2D eigenvalue weighted by molar-refractivity contribution is -0.137. The normalized spacial score (nSPS) is 13.3. The van der Waals surface area contributed by atoms with E-state index in [4.69, 9.17) is 5.73 Å². The first-order valence-corrected chi connectivity index (χ1v) is 5.98. The molecule has 0 aromatic heterocycles. The summed E-state index contributed by atoms with van der Waals surface area (Å²) in [6, 6.07) is 8.18. The number of alkyl halides is 3. The van der Waals surface area contributed by atoms with E-state index in [1.165, 1.54) is 24.3 Å². The summed E-state index contributed by atoms with van der Waals surface area (Å²) in [6.45, 7) is 1.72. The lowest BCUT2D eigenvalue weighted by Crippen LogP contribution is -2.15. The van der Waals surface area contributed by atoms with E-state index in [0.29, 0.717) is 0 Å². The summed E-state index contributed by atoms with van der Waals surface area (Å²) in [5.41, 5.74) is 6.20. The molecular formula is C15H13F4N. The Labute approximate surface area is 114 Å². The van der Waals surface area contributed by atoms with Crippen LogP contribution in [-0.2, 0) is 6.18 Å². The topological polar surface area (TPSA) is 26.0 Å². The van der Waals surface area contributed by atoms with Gasteiger partial charge in [-0.3, -0.25) is 0 Å². The Balaban J connectivity index is 2.41. The predicted octanol–water partition coefficient (Wildman–Crippen LogP) is 4.20. The molecule has 0 aliphatic rings. The van der Waals surface area contributed by atoms with Crippen molar-refractivity contribution < 1.29 is 17.6 Å². The van der Waals surface area contributed by atoms with Gasteiger partial charge in [0, 0.05) is 5.56 Å². The third-order valence-corrected chi connectivity index (χ3v) is 3.06. The van der Waals surface area contributed by atoms with Gasteiger partial charge in [0.05, 0.1) is 11.6 Å².